The normalized spacial score (nSPS) is 13.2. The largest absolute Gasteiger partial charge is 0.456 e. The molecule has 2 aromatic heterocycles. The van der Waals surface area contributed by atoms with Crippen LogP contribution in [0.5, 0.6) is 0 Å². The van der Waals surface area contributed by atoms with Crippen LogP contribution in [0.15, 0.2) is 174 Å². The first-order valence-corrected chi connectivity index (χ1v) is 18.0. The highest BCUT2D eigenvalue weighted by atomic mass is 16.3. The predicted molar refractivity (Wildman–Crippen MR) is 216 cm³/mol. The van der Waals surface area contributed by atoms with Crippen LogP contribution in [-0.4, -0.2) is 15.0 Å². The van der Waals surface area contributed by atoms with Crippen LogP contribution in [0.1, 0.15) is 25.0 Å². The molecular formula is C48H34N4O. The summed E-state index contributed by atoms with van der Waals surface area (Å²) in [6, 6.07) is 59.1. The van der Waals surface area contributed by atoms with Crippen LogP contribution in [0.4, 0.5) is 17.1 Å². The van der Waals surface area contributed by atoms with E-state index in [0.717, 1.165) is 66.8 Å². The summed E-state index contributed by atoms with van der Waals surface area (Å²) in [4.78, 5) is 17.6. The fourth-order valence-electron chi connectivity index (χ4n) is 7.84. The standard InChI is InChI=1S/C48H34N4O/c1-48(2)38-21-11-13-23-41(38)52(42-27-25-34(30-39(42)48)33-26-28-44-37(29-33)35-19-10-14-24-43(35)53-44)40-22-12-9-20-36(40)47-50-45(31-15-5-3-6-16-31)49-46(51-47)32-17-7-4-8-18-32/h3-30H,1-2H3. The number of aromatic nitrogens is 3. The molecule has 0 N–H and O–H groups in total. The molecule has 10 rings (SSSR count). The molecular weight excluding hydrogens is 649 g/mol. The van der Waals surface area contributed by atoms with E-state index in [2.05, 4.69) is 116 Å². The van der Waals surface area contributed by atoms with Crippen LogP contribution in [-0.2, 0) is 5.41 Å². The highest BCUT2D eigenvalue weighted by Crippen LogP contribution is 2.54. The minimum absolute atomic E-state index is 0.270. The Morgan fingerprint density at radius 3 is 1.72 bits per heavy atom. The summed E-state index contributed by atoms with van der Waals surface area (Å²) in [6.45, 7) is 4.66. The Morgan fingerprint density at radius 2 is 0.962 bits per heavy atom. The first-order valence-electron chi connectivity index (χ1n) is 18.0. The van der Waals surface area contributed by atoms with Crippen LogP contribution in [0.3, 0.4) is 0 Å². The smallest absolute Gasteiger partial charge is 0.166 e. The van der Waals surface area contributed by atoms with E-state index in [9.17, 15) is 0 Å². The molecule has 0 unspecified atom stereocenters. The fraction of sp³-hybridized carbons (Fsp3) is 0.0625. The molecule has 0 bridgehead atoms. The quantitative estimate of drug-likeness (QED) is 0.181. The minimum atomic E-state index is -0.270. The number of anilines is 3. The molecule has 0 amide bonds. The fourth-order valence-corrected chi connectivity index (χ4v) is 7.84. The van der Waals surface area contributed by atoms with Gasteiger partial charge in [0.25, 0.3) is 0 Å². The van der Waals surface area contributed by atoms with Gasteiger partial charge in [0.1, 0.15) is 11.2 Å². The molecule has 0 aliphatic carbocycles. The molecule has 1 aliphatic heterocycles. The van der Waals surface area contributed by atoms with Crippen LogP contribution < -0.4 is 4.90 Å². The Hall–Kier alpha value is -6.85. The maximum atomic E-state index is 6.16. The van der Waals surface area contributed by atoms with Gasteiger partial charge < -0.3 is 9.32 Å². The third kappa shape index (κ3) is 5.12. The van der Waals surface area contributed by atoms with Crippen LogP contribution in [0.2, 0.25) is 0 Å². The lowest BCUT2D eigenvalue weighted by Gasteiger charge is -2.42. The molecule has 252 valence electrons. The number of hydrogen-bond acceptors (Lipinski definition) is 5. The molecule has 3 heterocycles. The molecule has 0 saturated heterocycles. The van der Waals surface area contributed by atoms with Crippen molar-refractivity contribution >= 4 is 39.0 Å². The van der Waals surface area contributed by atoms with Gasteiger partial charge in [-0.2, -0.15) is 0 Å². The third-order valence-electron chi connectivity index (χ3n) is 10.5. The molecule has 1 aliphatic rings. The van der Waals surface area contributed by atoms with Crippen molar-refractivity contribution in [3.05, 3.63) is 181 Å². The number of benzene rings is 7. The molecule has 0 spiro atoms. The summed E-state index contributed by atoms with van der Waals surface area (Å²) >= 11 is 0. The molecule has 0 atom stereocenters. The molecule has 0 saturated carbocycles. The number of nitrogens with zero attached hydrogens (tertiary/aromatic N) is 4. The highest BCUT2D eigenvalue weighted by Gasteiger charge is 2.38. The maximum absolute atomic E-state index is 6.16. The Morgan fingerprint density at radius 1 is 0.415 bits per heavy atom. The van der Waals surface area contributed by atoms with E-state index < -0.39 is 0 Å². The van der Waals surface area contributed by atoms with E-state index in [0.29, 0.717) is 17.5 Å². The zero-order valence-electron chi connectivity index (χ0n) is 29.4. The second-order valence-corrected chi connectivity index (χ2v) is 14.1. The number of para-hydroxylation sites is 3. The van der Waals surface area contributed by atoms with Crippen molar-refractivity contribution in [3.8, 4) is 45.3 Å². The highest BCUT2D eigenvalue weighted by molar-refractivity contribution is 6.06. The molecule has 9 aromatic rings. The van der Waals surface area contributed by atoms with E-state index in [4.69, 9.17) is 19.4 Å². The Balaban J connectivity index is 1.16. The van der Waals surface area contributed by atoms with Crippen molar-refractivity contribution in [3.63, 3.8) is 0 Å². The molecule has 0 fully saturated rings. The monoisotopic (exact) mass is 682 g/mol. The first kappa shape index (κ1) is 30.9. The van der Waals surface area contributed by atoms with Gasteiger partial charge in [0.2, 0.25) is 0 Å². The molecule has 53 heavy (non-hydrogen) atoms. The number of fused-ring (bicyclic) bond motifs is 5. The Labute approximate surface area is 307 Å². The summed E-state index contributed by atoms with van der Waals surface area (Å²) in [7, 11) is 0. The minimum Gasteiger partial charge on any atom is -0.456 e. The molecule has 5 nitrogen and oxygen atoms in total. The van der Waals surface area contributed by atoms with E-state index in [1.54, 1.807) is 0 Å². The van der Waals surface area contributed by atoms with Gasteiger partial charge in [-0.15, -0.1) is 0 Å². The zero-order valence-corrected chi connectivity index (χ0v) is 29.4. The Bertz CT molecular complexity index is 2770. The second-order valence-electron chi connectivity index (χ2n) is 14.1. The number of furan rings is 1. The average Bonchev–Trinajstić information content (AvgIpc) is 3.60. The van der Waals surface area contributed by atoms with Crippen molar-refractivity contribution in [2.24, 2.45) is 0 Å². The van der Waals surface area contributed by atoms with E-state index in [1.807, 2.05) is 72.8 Å². The van der Waals surface area contributed by atoms with Gasteiger partial charge in [-0.1, -0.05) is 135 Å². The number of rotatable bonds is 5. The number of hydrogen-bond donors (Lipinski definition) is 0. The summed E-state index contributed by atoms with van der Waals surface area (Å²) < 4.78 is 6.16. The molecule has 7 aromatic carbocycles. The summed E-state index contributed by atoms with van der Waals surface area (Å²) in [5, 5.41) is 2.25. The summed E-state index contributed by atoms with van der Waals surface area (Å²) in [5.74, 6) is 1.89. The third-order valence-corrected chi connectivity index (χ3v) is 10.5. The van der Waals surface area contributed by atoms with Gasteiger partial charge in [-0.05, 0) is 70.8 Å². The topological polar surface area (TPSA) is 55.1 Å². The van der Waals surface area contributed by atoms with Gasteiger partial charge in [0.05, 0.1) is 17.1 Å². The molecule has 0 radical (unpaired) electrons. The van der Waals surface area contributed by atoms with Crippen molar-refractivity contribution in [2.75, 3.05) is 4.90 Å². The van der Waals surface area contributed by atoms with Crippen LogP contribution in [0, 0.1) is 0 Å². The van der Waals surface area contributed by atoms with Crippen molar-refractivity contribution in [2.45, 2.75) is 19.3 Å². The van der Waals surface area contributed by atoms with Gasteiger partial charge in [-0.25, -0.2) is 15.0 Å². The van der Waals surface area contributed by atoms with Crippen molar-refractivity contribution in [1.29, 1.82) is 0 Å². The van der Waals surface area contributed by atoms with E-state index in [-0.39, 0.29) is 5.41 Å². The zero-order chi connectivity index (χ0) is 35.5. The van der Waals surface area contributed by atoms with E-state index in [1.165, 1.54) is 11.1 Å². The average molecular weight is 683 g/mol. The van der Waals surface area contributed by atoms with Crippen molar-refractivity contribution in [1.82, 2.24) is 15.0 Å². The maximum Gasteiger partial charge on any atom is 0.166 e. The SMILES string of the molecule is CC1(C)c2ccccc2N(c2ccccc2-c2nc(-c3ccccc3)nc(-c3ccccc3)n2)c2ccc(-c3ccc4oc5ccccc5c4c3)cc21. The summed E-state index contributed by atoms with van der Waals surface area (Å²) in [5.41, 5.74) is 12.4. The lowest BCUT2D eigenvalue weighted by atomic mass is 9.72. The van der Waals surface area contributed by atoms with Crippen LogP contribution >= 0.6 is 0 Å². The lowest BCUT2D eigenvalue weighted by molar-refractivity contribution is 0.632. The van der Waals surface area contributed by atoms with Gasteiger partial charge in [0.15, 0.2) is 17.5 Å². The predicted octanol–water partition coefficient (Wildman–Crippen LogP) is 12.5. The van der Waals surface area contributed by atoms with Crippen LogP contribution in [0.25, 0.3) is 67.2 Å². The lowest BCUT2D eigenvalue weighted by Crippen LogP contribution is -2.30. The first-order chi connectivity index (χ1) is 26.0. The summed E-state index contributed by atoms with van der Waals surface area (Å²) in [6.07, 6.45) is 0. The van der Waals surface area contributed by atoms with E-state index >= 15 is 0 Å². The van der Waals surface area contributed by atoms with Gasteiger partial charge in [-0.3, -0.25) is 0 Å². The van der Waals surface area contributed by atoms with Gasteiger partial charge in [0, 0.05) is 32.9 Å². The molecule has 5 heteroatoms. The van der Waals surface area contributed by atoms with Crippen molar-refractivity contribution < 1.29 is 4.42 Å². The van der Waals surface area contributed by atoms with Gasteiger partial charge >= 0.3 is 0 Å². The Kier molecular flexibility index (Phi) is 7.08. The second kappa shape index (κ2) is 12.1.